The molecule has 0 aromatic rings. The average Bonchev–Trinajstić information content (AvgIpc) is 1.98. The Balaban J connectivity index is 3.80. The van der Waals surface area contributed by atoms with Crippen LogP contribution in [0.3, 0.4) is 0 Å². The zero-order valence-corrected chi connectivity index (χ0v) is 8.19. The molecule has 0 aliphatic heterocycles. The number of halogens is 1. The molecule has 3 nitrogen and oxygen atoms in total. The van der Waals surface area contributed by atoms with Crippen LogP contribution in [0.4, 0.5) is 0 Å². The predicted octanol–water partition coefficient (Wildman–Crippen LogP) is 0.838. The van der Waals surface area contributed by atoms with Gasteiger partial charge in [0, 0.05) is 17.0 Å². The zero-order valence-electron chi connectivity index (χ0n) is 7.43. The maximum Gasteiger partial charge on any atom is 0.224 e. The summed E-state index contributed by atoms with van der Waals surface area (Å²) in [7, 11) is 0. The number of hydrogen-bond donors (Lipinski definition) is 2. The van der Waals surface area contributed by atoms with Gasteiger partial charge >= 0.3 is 0 Å². The maximum absolute atomic E-state index is 11.2. The quantitative estimate of drug-likeness (QED) is 0.691. The minimum atomic E-state index is -0.194. The molecule has 12 heavy (non-hydrogen) atoms. The highest BCUT2D eigenvalue weighted by Gasteiger charge is 2.15. The molecule has 0 bridgehead atoms. The molecule has 0 aromatic carbocycles. The van der Waals surface area contributed by atoms with Crippen molar-refractivity contribution in [2.24, 2.45) is 11.7 Å². The highest BCUT2D eigenvalue weighted by Crippen LogP contribution is 2.00. The Labute approximate surface area is 78.0 Å². The van der Waals surface area contributed by atoms with Crippen molar-refractivity contribution in [2.75, 3.05) is 6.54 Å². The van der Waals surface area contributed by atoms with Crippen molar-refractivity contribution in [3.05, 3.63) is 11.6 Å². The first kappa shape index (κ1) is 11.5. The van der Waals surface area contributed by atoms with Crippen molar-refractivity contribution < 1.29 is 4.79 Å². The van der Waals surface area contributed by atoms with E-state index in [1.165, 1.54) is 0 Å². The summed E-state index contributed by atoms with van der Waals surface area (Å²) in [6.07, 6.45) is 0. The number of hydrogen-bond acceptors (Lipinski definition) is 2. The van der Waals surface area contributed by atoms with Crippen molar-refractivity contribution in [2.45, 2.75) is 19.9 Å². The third kappa shape index (κ3) is 4.36. The van der Waals surface area contributed by atoms with Crippen molar-refractivity contribution in [1.82, 2.24) is 5.32 Å². The number of carbonyl (C=O) groups excluding carboxylic acids is 1. The Morgan fingerprint density at radius 2 is 2.17 bits per heavy atom. The molecule has 2 atom stereocenters. The minimum absolute atomic E-state index is 0.0909. The van der Waals surface area contributed by atoms with Gasteiger partial charge in [-0.1, -0.05) is 25.1 Å². The van der Waals surface area contributed by atoms with E-state index in [-0.39, 0.29) is 17.9 Å². The van der Waals surface area contributed by atoms with E-state index in [0.717, 1.165) is 0 Å². The van der Waals surface area contributed by atoms with Gasteiger partial charge in [-0.25, -0.2) is 0 Å². The van der Waals surface area contributed by atoms with Crippen molar-refractivity contribution in [3.63, 3.8) is 0 Å². The second-order valence-corrected chi connectivity index (χ2v) is 3.42. The molecule has 70 valence electrons. The Kier molecular flexibility index (Phi) is 4.93. The van der Waals surface area contributed by atoms with Gasteiger partial charge < -0.3 is 11.1 Å². The summed E-state index contributed by atoms with van der Waals surface area (Å²) >= 11 is 5.47. The molecular weight excluding hydrogens is 176 g/mol. The molecule has 0 saturated carbocycles. The van der Waals surface area contributed by atoms with Gasteiger partial charge in [-0.3, -0.25) is 4.79 Å². The lowest BCUT2D eigenvalue weighted by Gasteiger charge is -2.14. The van der Waals surface area contributed by atoms with Crippen LogP contribution in [-0.4, -0.2) is 18.5 Å². The predicted molar refractivity (Wildman–Crippen MR) is 50.8 cm³/mol. The lowest BCUT2D eigenvalue weighted by atomic mass is 10.0. The van der Waals surface area contributed by atoms with Gasteiger partial charge in [0.1, 0.15) is 0 Å². The molecule has 0 rings (SSSR count). The minimum Gasteiger partial charge on any atom is -0.351 e. The monoisotopic (exact) mass is 190 g/mol. The topological polar surface area (TPSA) is 55.1 Å². The Morgan fingerprint density at radius 3 is 2.50 bits per heavy atom. The number of nitrogens with one attached hydrogen (secondary N) is 1. The third-order valence-electron chi connectivity index (χ3n) is 1.66. The van der Waals surface area contributed by atoms with Gasteiger partial charge in [-0.2, -0.15) is 0 Å². The van der Waals surface area contributed by atoms with Gasteiger partial charge in [-0.05, 0) is 6.92 Å². The highest BCUT2D eigenvalue weighted by atomic mass is 35.5. The van der Waals surface area contributed by atoms with Crippen molar-refractivity contribution in [3.8, 4) is 0 Å². The van der Waals surface area contributed by atoms with E-state index in [9.17, 15) is 4.79 Å². The number of nitrogens with two attached hydrogens (primary N) is 1. The molecule has 1 amide bonds. The summed E-state index contributed by atoms with van der Waals surface area (Å²) in [6.45, 7) is 7.32. The van der Waals surface area contributed by atoms with E-state index in [4.69, 9.17) is 17.3 Å². The molecule has 0 saturated heterocycles. The first-order chi connectivity index (χ1) is 5.45. The normalized spacial score (nSPS) is 15.0. The summed E-state index contributed by atoms with van der Waals surface area (Å²) in [5.41, 5.74) is 5.53. The van der Waals surface area contributed by atoms with Crippen LogP contribution in [0.2, 0.25) is 0 Å². The SMILES string of the molecule is C=C(Cl)CNC(=O)C(C)C(C)N. The van der Waals surface area contributed by atoms with Crippen LogP contribution in [0.1, 0.15) is 13.8 Å². The first-order valence-corrected chi connectivity index (χ1v) is 4.19. The van der Waals surface area contributed by atoms with Crippen LogP contribution in [0.5, 0.6) is 0 Å². The molecular formula is C8H15ClN2O. The van der Waals surface area contributed by atoms with Gasteiger partial charge in [0.2, 0.25) is 5.91 Å². The lowest BCUT2D eigenvalue weighted by molar-refractivity contribution is -0.124. The fourth-order valence-corrected chi connectivity index (χ4v) is 0.650. The molecule has 0 fully saturated rings. The molecule has 0 aliphatic rings. The second kappa shape index (κ2) is 5.17. The Hall–Kier alpha value is -0.540. The van der Waals surface area contributed by atoms with Crippen molar-refractivity contribution in [1.29, 1.82) is 0 Å². The second-order valence-electron chi connectivity index (χ2n) is 2.88. The molecule has 0 heterocycles. The summed E-state index contributed by atoms with van der Waals surface area (Å²) in [6, 6.07) is -0.145. The van der Waals surface area contributed by atoms with Gasteiger partial charge in [0.25, 0.3) is 0 Å². The maximum atomic E-state index is 11.2. The van der Waals surface area contributed by atoms with Crippen LogP contribution < -0.4 is 11.1 Å². The Morgan fingerprint density at radius 1 is 1.67 bits per heavy atom. The van der Waals surface area contributed by atoms with E-state index in [1.807, 2.05) is 0 Å². The molecule has 0 aromatic heterocycles. The highest BCUT2D eigenvalue weighted by molar-refractivity contribution is 6.29. The summed E-state index contributed by atoms with van der Waals surface area (Å²) in [4.78, 5) is 11.2. The smallest absolute Gasteiger partial charge is 0.224 e. The summed E-state index contributed by atoms with van der Waals surface area (Å²) in [5.74, 6) is -0.284. The third-order valence-corrected chi connectivity index (χ3v) is 1.79. The number of carbonyl (C=O) groups is 1. The molecule has 0 radical (unpaired) electrons. The fourth-order valence-electron chi connectivity index (χ4n) is 0.583. The molecule has 4 heteroatoms. The van der Waals surface area contributed by atoms with Gasteiger partial charge in [0.15, 0.2) is 0 Å². The van der Waals surface area contributed by atoms with E-state index < -0.39 is 0 Å². The fraction of sp³-hybridized carbons (Fsp3) is 0.625. The largest absolute Gasteiger partial charge is 0.351 e. The van der Waals surface area contributed by atoms with Crippen molar-refractivity contribution >= 4 is 17.5 Å². The van der Waals surface area contributed by atoms with Crippen LogP contribution in [-0.2, 0) is 4.79 Å². The standard InChI is InChI=1S/C8H15ClN2O/c1-5(9)4-11-8(12)6(2)7(3)10/h6-7H,1,4,10H2,2-3H3,(H,11,12). The van der Waals surface area contributed by atoms with E-state index in [0.29, 0.717) is 11.6 Å². The van der Waals surface area contributed by atoms with Crippen LogP contribution >= 0.6 is 11.6 Å². The van der Waals surface area contributed by atoms with E-state index in [1.54, 1.807) is 13.8 Å². The zero-order chi connectivity index (χ0) is 9.72. The van der Waals surface area contributed by atoms with E-state index in [2.05, 4.69) is 11.9 Å². The lowest BCUT2D eigenvalue weighted by Crippen LogP contribution is -2.38. The van der Waals surface area contributed by atoms with Gasteiger partial charge in [-0.15, -0.1) is 0 Å². The molecule has 0 aliphatic carbocycles. The Bertz CT molecular complexity index is 180. The van der Waals surface area contributed by atoms with Crippen LogP contribution in [0.15, 0.2) is 11.6 Å². The molecule has 2 unspecified atom stereocenters. The average molecular weight is 191 g/mol. The van der Waals surface area contributed by atoms with Crippen LogP contribution in [0, 0.1) is 5.92 Å². The molecule has 0 spiro atoms. The van der Waals surface area contributed by atoms with Gasteiger partial charge in [0.05, 0.1) is 6.54 Å². The summed E-state index contributed by atoms with van der Waals surface area (Å²) < 4.78 is 0. The van der Waals surface area contributed by atoms with E-state index >= 15 is 0 Å². The molecule has 3 N–H and O–H groups in total. The first-order valence-electron chi connectivity index (χ1n) is 3.81. The number of rotatable bonds is 4. The van der Waals surface area contributed by atoms with Crippen LogP contribution in [0.25, 0.3) is 0 Å². The summed E-state index contributed by atoms with van der Waals surface area (Å²) in [5, 5.41) is 3.03. The number of amides is 1.